The monoisotopic (exact) mass is 192 g/mol. The van der Waals surface area contributed by atoms with E-state index >= 15 is 0 Å². The minimum Gasteiger partial charge on any atom is -0.228 e. The summed E-state index contributed by atoms with van der Waals surface area (Å²) in [7, 11) is -2.89. The molecule has 0 saturated carbocycles. The molecule has 0 aromatic rings. The first-order chi connectivity index (χ1) is 5.17. The molecule has 0 N–H and O–H groups in total. The zero-order chi connectivity index (χ0) is 9.99. The van der Waals surface area contributed by atoms with E-state index in [1.807, 2.05) is 13.8 Å². The highest BCUT2D eigenvalue weighted by atomic mass is 32.2. The fourth-order valence-electron chi connectivity index (χ4n) is 0.697. The molecule has 0 spiro atoms. The van der Waals surface area contributed by atoms with Crippen molar-refractivity contribution in [2.75, 3.05) is 5.75 Å². The number of rotatable bonds is 3. The summed E-state index contributed by atoms with van der Waals surface area (Å²) in [4.78, 5) is 0. The summed E-state index contributed by atoms with van der Waals surface area (Å²) in [6, 6.07) is 0. The molecule has 0 aromatic carbocycles. The topological polar surface area (TPSA) is 34.1 Å². The van der Waals surface area contributed by atoms with Crippen LogP contribution in [0.25, 0.3) is 0 Å². The third-order valence-corrected chi connectivity index (χ3v) is 4.54. The van der Waals surface area contributed by atoms with Crippen LogP contribution in [0.3, 0.4) is 0 Å². The predicted molar refractivity (Wildman–Crippen MR) is 53.0 cm³/mol. The summed E-state index contributed by atoms with van der Waals surface area (Å²) >= 11 is 0. The molecule has 74 valence electrons. The van der Waals surface area contributed by atoms with E-state index in [-0.39, 0.29) is 0 Å². The number of sulfone groups is 1. The van der Waals surface area contributed by atoms with E-state index in [0.717, 1.165) is 6.42 Å². The lowest BCUT2D eigenvalue weighted by molar-refractivity contribution is 0.544. The maximum absolute atomic E-state index is 11.6. The van der Waals surface area contributed by atoms with Gasteiger partial charge >= 0.3 is 0 Å². The molecule has 0 aliphatic heterocycles. The van der Waals surface area contributed by atoms with E-state index in [4.69, 9.17) is 0 Å². The van der Waals surface area contributed by atoms with Gasteiger partial charge in [0, 0.05) is 0 Å². The van der Waals surface area contributed by atoms with E-state index in [9.17, 15) is 8.42 Å². The molecule has 0 heterocycles. The van der Waals surface area contributed by atoms with Crippen molar-refractivity contribution in [3.05, 3.63) is 0 Å². The molecule has 0 unspecified atom stereocenters. The molecule has 0 fully saturated rings. The third-order valence-electron chi connectivity index (χ3n) is 1.90. The van der Waals surface area contributed by atoms with E-state index in [0.29, 0.717) is 11.7 Å². The number of hydrogen-bond acceptors (Lipinski definition) is 2. The van der Waals surface area contributed by atoms with Crippen molar-refractivity contribution in [2.24, 2.45) is 5.92 Å². The van der Waals surface area contributed by atoms with Crippen LogP contribution in [0.4, 0.5) is 0 Å². The summed E-state index contributed by atoms with van der Waals surface area (Å²) in [5.41, 5.74) is 0. The molecule has 2 nitrogen and oxygen atoms in total. The maximum atomic E-state index is 11.6. The summed E-state index contributed by atoms with van der Waals surface area (Å²) in [6.07, 6.45) is 0.763. The summed E-state index contributed by atoms with van der Waals surface area (Å²) < 4.78 is 22.5. The second-order valence-corrected chi connectivity index (χ2v) is 7.48. The van der Waals surface area contributed by atoms with E-state index in [2.05, 4.69) is 0 Å². The molecule has 3 heteroatoms. The second kappa shape index (κ2) is 3.77. The first-order valence-electron chi connectivity index (χ1n) is 4.39. The SMILES string of the molecule is CC(C)CCS(=O)(=O)C(C)(C)C. The minimum absolute atomic E-state index is 0.314. The van der Waals surface area contributed by atoms with Crippen LogP contribution in [0, 0.1) is 5.92 Å². The van der Waals surface area contributed by atoms with Crippen LogP contribution in [0.15, 0.2) is 0 Å². The molecule has 0 atom stereocenters. The van der Waals surface area contributed by atoms with Crippen molar-refractivity contribution in [1.82, 2.24) is 0 Å². The van der Waals surface area contributed by atoms with Crippen LogP contribution in [0.1, 0.15) is 41.0 Å². The predicted octanol–water partition coefficient (Wildman–Crippen LogP) is 2.25. The van der Waals surface area contributed by atoms with Gasteiger partial charge in [-0.05, 0) is 33.1 Å². The lowest BCUT2D eigenvalue weighted by Crippen LogP contribution is -2.30. The van der Waals surface area contributed by atoms with Crippen LogP contribution < -0.4 is 0 Å². The van der Waals surface area contributed by atoms with Crippen molar-refractivity contribution >= 4 is 9.84 Å². The van der Waals surface area contributed by atoms with Gasteiger partial charge in [-0.1, -0.05) is 13.8 Å². The van der Waals surface area contributed by atoms with Crippen molar-refractivity contribution in [1.29, 1.82) is 0 Å². The normalized spacial score (nSPS) is 13.8. The van der Waals surface area contributed by atoms with E-state index < -0.39 is 14.6 Å². The fourth-order valence-corrected chi connectivity index (χ4v) is 2.09. The van der Waals surface area contributed by atoms with Gasteiger partial charge in [0.05, 0.1) is 10.5 Å². The van der Waals surface area contributed by atoms with Crippen LogP contribution in [-0.4, -0.2) is 18.9 Å². The van der Waals surface area contributed by atoms with Crippen molar-refractivity contribution in [3.63, 3.8) is 0 Å². The van der Waals surface area contributed by atoms with Crippen LogP contribution >= 0.6 is 0 Å². The Morgan fingerprint density at radius 1 is 1.17 bits per heavy atom. The van der Waals surface area contributed by atoms with Gasteiger partial charge in [-0.2, -0.15) is 0 Å². The lowest BCUT2D eigenvalue weighted by atomic mass is 10.2. The van der Waals surface area contributed by atoms with Crippen molar-refractivity contribution in [2.45, 2.75) is 45.8 Å². The molecule has 0 amide bonds. The molecular weight excluding hydrogens is 172 g/mol. The van der Waals surface area contributed by atoms with Gasteiger partial charge in [-0.25, -0.2) is 8.42 Å². The van der Waals surface area contributed by atoms with Gasteiger partial charge in [0.2, 0.25) is 0 Å². The van der Waals surface area contributed by atoms with Gasteiger partial charge < -0.3 is 0 Å². The molecule has 0 rings (SSSR count). The van der Waals surface area contributed by atoms with Gasteiger partial charge in [-0.3, -0.25) is 0 Å². The minimum atomic E-state index is -2.89. The fraction of sp³-hybridized carbons (Fsp3) is 1.00. The average Bonchev–Trinajstić information content (AvgIpc) is 1.81. The highest BCUT2D eigenvalue weighted by Crippen LogP contribution is 2.18. The smallest absolute Gasteiger partial charge is 0.155 e. The van der Waals surface area contributed by atoms with Crippen molar-refractivity contribution < 1.29 is 8.42 Å². The van der Waals surface area contributed by atoms with E-state index in [1.165, 1.54) is 0 Å². The zero-order valence-corrected chi connectivity index (χ0v) is 9.53. The quantitative estimate of drug-likeness (QED) is 0.687. The molecule has 12 heavy (non-hydrogen) atoms. The van der Waals surface area contributed by atoms with Gasteiger partial charge in [0.1, 0.15) is 0 Å². The van der Waals surface area contributed by atoms with Crippen LogP contribution in [-0.2, 0) is 9.84 Å². The zero-order valence-electron chi connectivity index (χ0n) is 8.72. The highest BCUT2D eigenvalue weighted by Gasteiger charge is 2.28. The average molecular weight is 192 g/mol. The summed E-state index contributed by atoms with van der Waals surface area (Å²) in [5.74, 6) is 0.774. The first-order valence-corrected chi connectivity index (χ1v) is 6.04. The largest absolute Gasteiger partial charge is 0.228 e. The molecular formula is C9H20O2S. The summed E-state index contributed by atoms with van der Waals surface area (Å²) in [5, 5.41) is 0. The Morgan fingerprint density at radius 3 is 1.83 bits per heavy atom. The highest BCUT2D eigenvalue weighted by molar-refractivity contribution is 7.92. The molecule has 0 bridgehead atoms. The second-order valence-electron chi connectivity index (χ2n) is 4.61. The molecule has 0 saturated heterocycles. The Morgan fingerprint density at radius 2 is 1.58 bits per heavy atom. The molecule has 0 aromatic heterocycles. The van der Waals surface area contributed by atoms with Gasteiger partial charge in [-0.15, -0.1) is 0 Å². The van der Waals surface area contributed by atoms with Gasteiger partial charge in [0.25, 0.3) is 0 Å². The maximum Gasteiger partial charge on any atom is 0.155 e. The van der Waals surface area contributed by atoms with Crippen LogP contribution in [0.2, 0.25) is 0 Å². The van der Waals surface area contributed by atoms with E-state index in [1.54, 1.807) is 20.8 Å². The third kappa shape index (κ3) is 3.57. The Labute approximate surface area is 76.3 Å². The first kappa shape index (κ1) is 11.9. The molecule has 0 aliphatic carbocycles. The Kier molecular flexibility index (Phi) is 3.76. The van der Waals surface area contributed by atoms with Crippen LogP contribution in [0.5, 0.6) is 0 Å². The standard InChI is InChI=1S/C9H20O2S/c1-8(2)6-7-12(10,11)9(3,4)5/h8H,6-7H2,1-5H3. The summed E-state index contributed by atoms with van der Waals surface area (Å²) in [6.45, 7) is 9.34. The van der Waals surface area contributed by atoms with Crippen molar-refractivity contribution in [3.8, 4) is 0 Å². The number of hydrogen-bond donors (Lipinski definition) is 0. The lowest BCUT2D eigenvalue weighted by Gasteiger charge is -2.19. The Hall–Kier alpha value is -0.0500. The molecule has 0 aliphatic rings. The Balaban J connectivity index is 4.27. The Bertz CT molecular complexity index is 219. The molecule has 0 radical (unpaired) electrons. The van der Waals surface area contributed by atoms with Gasteiger partial charge in [0.15, 0.2) is 9.84 Å².